The zero-order valence-corrected chi connectivity index (χ0v) is 20.0. The van der Waals surface area contributed by atoms with Gasteiger partial charge in [0, 0.05) is 22.2 Å². The number of nitrogens with two attached hydrogens (primary N) is 1. The lowest BCUT2D eigenvalue weighted by Crippen LogP contribution is -2.09. The van der Waals surface area contributed by atoms with Crippen molar-refractivity contribution in [1.82, 2.24) is 9.38 Å². The van der Waals surface area contributed by atoms with Gasteiger partial charge in [-0.25, -0.2) is 4.98 Å². The Kier molecular flexibility index (Phi) is 5.73. The van der Waals surface area contributed by atoms with Crippen LogP contribution in [-0.4, -0.2) is 29.4 Å². The predicted molar refractivity (Wildman–Crippen MR) is 136 cm³/mol. The molecular formula is C26H20ClN3O3S. The van der Waals surface area contributed by atoms with Crippen LogP contribution in [0.4, 0.5) is 5.69 Å². The Morgan fingerprint density at radius 2 is 1.85 bits per heavy atom. The SMILES string of the molecule is COc1ccc(OC)c(C(=O)c2c(N)c(-c3nc(-c4ccc(Cl)cc4)cs3)c3ccccn23)c1. The summed E-state index contributed by atoms with van der Waals surface area (Å²) in [5.41, 5.74) is 11.0. The van der Waals surface area contributed by atoms with Crippen LogP contribution in [0.3, 0.4) is 0 Å². The minimum absolute atomic E-state index is 0.268. The number of halogens is 1. The first-order chi connectivity index (χ1) is 16.5. The van der Waals surface area contributed by atoms with Crippen molar-refractivity contribution >= 4 is 39.9 Å². The highest BCUT2D eigenvalue weighted by Gasteiger charge is 2.27. The number of hydrogen-bond acceptors (Lipinski definition) is 6. The molecule has 5 rings (SSSR count). The molecule has 0 bridgehead atoms. The van der Waals surface area contributed by atoms with Crippen LogP contribution >= 0.6 is 22.9 Å². The van der Waals surface area contributed by atoms with E-state index >= 15 is 0 Å². The number of carbonyl (C=O) groups is 1. The molecule has 0 aliphatic rings. The Bertz CT molecular complexity index is 1520. The van der Waals surface area contributed by atoms with Gasteiger partial charge in [0.15, 0.2) is 0 Å². The van der Waals surface area contributed by atoms with Gasteiger partial charge in [-0.1, -0.05) is 29.8 Å². The van der Waals surface area contributed by atoms with Gasteiger partial charge in [0.25, 0.3) is 0 Å². The summed E-state index contributed by atoms with van der Waals surface area (Å²) in [5.74, 6) is 0.725. The Morgan fingerprint density at radius 1 is 1.06 bits per heavy atom. The van der Waals surface area contributed by atoms with Gasteiger partial charge in [0.1, 0.15) is 22.2 Å². The van der Waals surface area contributed by atoms with E-state index in [1.165, 1.54) is 18.4 Å². The van der Waals surface area contributed by atoms with E-state index in [-0.39, 0.29) is 5.78 Å². The van der Waals surface area contributed by atoms with E-state index in [1.807, 2.05) is 54.0 Å². The molecule has 5 aromatic rings. The van der Waals surface area contributed by atoms with E-state index in [4.69, 9.17) is 31.8 Å². The molecule has 34 heavy (non-hydrogen) atoms. The summed E-state index contributed by atoms with van der Waals surface area (Å²) in [6, 6.07) is 18.3. The first-order valence-corrected chi connectivity index (χ1v) is 11.6. The normalized spacial score (nSPS) is 11.0. The molecule has 170 valence electrons. The molecule has 6 nitrogen and oxygen atoms in total. The highest BCUT2D eigenvalue weighted by atomic mass is 35.5. The van der Waals surface area contributed by atoms with Crippen LogP contribution in [0, 0.1) is 0 Å². The minimum atomic E-state index is -0.268. The molecule has 8 heteroatoms. The fourth-order valence-corrected chi connectivity index (χ4v) is 4.97. The summed E-state index contributed by atoms with van der Waals surface area (Å²) >= 11 is 7.50. The van der Waals surface area contributed by atoms with Crippen molar-refractivity contribution < 1.29 is 14.3 Å². The van der Waals surface area contributed by atoms with Crippen molar-refractivity contribution in [2.45, 2.75) is 0 Å². The largest absolute Gasteiger partial charge is 0.497 e. The van der Waals surface area contributed by atoms with E-state index in [0.717, 1.165) is 27.3 Å². The number of methoxy groups -OCH3 is 2. The lowest BCUT2D eigenvalue weighted by atomic mass is 10.0. The van der Waals surface area contributed by atoms with Crippen molar-refractivity contribution in [3.63, 3.8) is 0 Å². The third-order valence-electron chi connectivity index (χ3n) is 5.61. The zero-order chi connectivity index (χ0) is 23.8. The molecule has 0 saturated carbocycles. The molecule has 3 heterocycles. The number of benzene rings is 2. The molecule has 0 fully saturated rings. The van der Waals surface area contributed by atoms with E-state index in [2.05, 4.69) is 0 Å². The van der Waals surface area contributed by atoms with Crippen LogP contribution in [-0.2, 0) is 0 Å². The van der Waals surface area contributed by atoms with Crippen LogP contribution in [0.1, 0.15) is 16.1 Å². The maximum atomic E-state index is 13.8. The zero-order valence-electron chi connectivity index (χ0n) is 18.4. The summed E-state index contributed by atoms with van der Waals surface area (Å²) in [6.07, 6.45) is 1.82. The second kappa shape index (κ2) is 8.85. The van der Waals surface area contributed by atoms with Crippen molar-refractivity contribution in [1.29, 1.82) is 0 Å². The molecule has 2 aromatic carbocycles. The van der Waals surface area contributed by atoms with Crippen molar-refractivity contribution in [2.75, 3.05) is 20.0 Å². The van der Waals surface area contributed by atoms with E-state index in [1.54, 1.807) is 29.7 Å². The number of carbonyl (C=O) groups excluding carboxylic acids is 1. The second-order valence-corrected chi connectivity index (χ2v) is 8.83. The minimum Gasteiger partial charge on any atom is -0.497 e. The lowest BCUT2D eigenvalue weighted by Gasteiger charge is -2.10. The fraction of sp³-hybridized carbons (Fsp3) is 0.0769. The van der Waals surface area contributed by atoms with Gasteiger partial charge in [-0.3, -0.25) is 4.79 Å². The Hall–Kier alpha value is -3.81. The molecule has 0 amide bonds. The first-order valence-electron chi connectivity index (χ1n) is 10.4. The predicted octanol–water partition coefficient (Wildman–Crippen LogP) is 6.21. The summed E-state index contributed by atoms with van der Waals surface area (Å²) in [6.45, 7) is 0. The van der Waals surface area contributed by atoms with Crippen LogP contribution in [0.15, 0.2) is 72.2 Å². The van der Waals surface area contributed by atoms with Gasteiger partial charge in [0.05, 0.1) is 42.2 Å². The second-order valence-electron chi connectivity index (χ2n) is 7.53. The molecule has 0 saturated heterocycles. The Morgan fingerprint density at radius 3 is 2.59 bits per heavy atom. The molecule has 2 N–H and O–H groups in total. The summed E-state index contributed by atoms with van der Waals surface area (Å²) in [7, 11) is 3.08. The molecule has 0 spiro atoms. The van der Waals surface area contributed by atoms with Gasteiger partial charge in [-0.15, -0.1) is 11.3 Å². The van der Waals surface area contributed by atoms with Crippen molar-refractivity contribution in [3.8, 4) is 33.3 Å². The topological polar surface area (TPSA) is 78.8 Å². The van der Waals surface area contributed by atoms with E-state index in [9.17, 15) is 4.79 Å². The summed E-state index contributed by atoms with van der Waals surface area (Å²) in [4.78, 5) is 18.6. The number of fused-ring (bicyclic) bond motifs is 1. The smallest absolute Gasteiger partial charge is 0.215 e. The van der Waals surface area contributed by atoms with Crippen molar-refractivity contribution in [3.05, 3.63) is 88.5 Å². The van der Waals surface area contributed by atoms with Gasteiger partial charge in [0.2, 0.25) is 5.78 Å². The van der Waals surface area contributed by atoms with Gasteiger partial charge in [-0.2, -0.15) is 0 Å². The molecule has 3 aromatic heterocycles. The average Bonchev–Trinajstić information content (AvgIpc) is 3.45. The summed E-state index contributed by atoms with van der Waals surface area (Å²) in [5, 5.41) is 3.36. The molecule has 0 aliphatic heterocycles. The van der Waals surface area contributed by atoms with Crippen LogP contribution < -0.4 is 15.2 Å². The van der Waals surface area contributed by atoms with Crippen molar-refractivity contribution in [2.24, 2.45) is 0 Å². The lowest BCUT2D eigenvalue weighted by molar-refractivity contribution is 0.103. The van der Waals surface area contributed by atoms with Gasteiger partial charge < -0.3 is 19.6 Å². The fourth-order valence-electron chi connectivity index (χ4n) is 3.95. The maximum absolute atomic E-state index is 13.8. The number of pyridine rings is 1. The number of nitrogen functional groups attached to an aromatic ring is 1. The quantitative estimate of drug-likeness (QED) is 0.287. The monoisotopic (exact) mass is 489 g/mol. The number of thiazole rings is 1. The number of hydrogen-bond donors (Lipinski definition) is 1. The number of ether oxygens (including phenoxy) is 2. The molecule has 0 unspecified atom stereocenters. The van der Waals surface area contributed by atoms with Crippen LogP contribution in [0.5, 0.6) is 11.5 Å². The summed E-state index contributed by atoms with van der Waals surface area (Å²) < 4.78 is 12.6. The number of anilines is 1. The van der Waals surface area contributed by atoms with Crippen LogP contribution in [0.2, 0.25) is 5.02 Å². The molecular weight excluding hydrogens is 470 g/mol. The highest BCUT2D eigenvalue weighted by Crippen LogP contribution is 2.40. The molecule has 0 atom stereocenters. The molecule has 0 radical (unpaired) electrons. The van der Waals surface area contributed by atoms with E-state index in [0.29, 0.717) is 33.5 Å². The number of aromatic nitrogens is 2. The molecule has 0 aliphatic carbocycles. The van der Waals surface area contributed by atoms with Crippen LogP contribution in [0.25, 0.3) is 27.3 Å². The van der Waals surface area contributed by atoms with E-state index < -0.39 is 0 Å². The average molecular weight is 490 g/mol. The third-order valence-corrected chi connectivity index (χ3v) is 6.72. The Balaban J connectivity index is 1.67. The number of rotatable bonds is 6. The Labute approximate surface area is 205 Å². The number of ketones is 1. The first kappa shape index (κ1) is 22.0. The standard InChI is InChI=1S/C26H20ClN3O3S/c1-32-17-10-11-21(33-2)18(13-17)25(31)24-23(28)22(20-5-3-4-12-30(20)24)26-29-19(14-34-26)15-6-8-16(27)9-7-15/h3-14H,28H2,1-2H3. The maximum Gasteiger partial charge on any atom is 0.215 e. The third kappa shape index (κ3) is 3.69. The highest BCUT2D eigenvalue weighted by molar-refractivity contribution is 7.13. The van der Waals surface area contributed by atoms with Gasteiger partial charge >= 0.3 is 0 Å². The number of nitrogens with zero attached hydrogens (tertiary/aromatic N) is 2. The van der Waals surface area contributed by atoms with Gasteiger partial charge in [-0.05, 0) is 42.5 Å².